The summed E-state index contributed by atoms with van der Waals surface area (Å²) in [5.41, 5.74) is 4.02. The lowest BCUT2D eigenvalue weighted by Gasteiger charge is -2.28. The van der Waals surface area contributed by atoms with Gasteiger partial charge in [0.25, 0.3) is 0 Å². The predicted molar refractivity (Wildman–Crippen MR) is 141 cm³/mol. The topological polar surface area (TPSA) is 104 Å². The van der Waals surface area contributed by atoms with Gasteiger partial charge in [-0.1, -0.05) is 17.7 Å². The number of anilines is 2. The van der Waals surface area contributed by atoms with Crippen molar-refractivity contribution < 1.29 is 18.6 Å². The molecule has 2 aromatic heterocycles. The zero-order chi connectivity index (χ0) is 25.4. The summed E-state index contributed by atoms with van der Waals surface area (Å²) in [6, 6.07) is 15.1. The molecular formula is C27H24ClN5O4. The SMILES string of the molecule is COc1cc2ncnc(Nc3ccc(OCc4ccc5oc(C)nc5c4)c(Cl)c3)c2cc1OC1CNC1. The van der Waals surface area contributed by atoms with Crippen molar-refractivity contribution in [1.29, 1.82) is 0 Å². The maximum Gasteiger partial charge on any atom is 0.192 e. The molecule has 188 valence electrons. The van der Waals surface area contributed by atoms with E-state index >= 15 is 0 Å². The van der Waals surface area contributed by atoms with Gasteiger partial charge in [0.15, 0.2) is 23.0 Å². The zero-order valence-corrected chi connectivity index (χ0v) is 21.0. The lowest BCUT2D eigenvalue weighted by molar-refractivity contribution is 0.137. The summed E-state index contributed by atoms with van der Waals surface area (Å²) in [5, 5.41) is 7.83. The summed E-state index contributed by atoms with van der Waals surface area (Å²) < 4.78 is 23.1. The van der Waals surface area contributed by atoms with Gasteiger partial charge in [-0.15, -0.1) is 0 Å². The van der Waals surface area contributed by atoms with E-state index < -0.39 is 0 Å². The summed E-state index contributed by atoms with van der Waals surface area (Å²) >= 11 is 6.56. The molecule has 10 heteroatoms. The quantitative estimate of drug-likeness (QED) is 0.279. The second-order valence-corrected chi connectivity index (χ2v) is 9.14. The van der Waals surface area contributed by atoms with E-state index in [1.807, 2.05) is 49.4 Å². The Morgan fingerprint density at radius 3 is 2.70 bits per heavy atom. The zero-order valence-electron chi connectivity index (χ0n) is 20.2. The van der Waals surface area contributed by atoms with Crippen LogP contribution in [-0.4, -0.2) is 41.3 Å². The van der Waals surface area contributed by atoms with Crippen molar-refractivity contribution in [3.05, 3.63) is 71.3 Å². The molecule has 5 aromatic rings. The van der Waals surface area contributed by atoms with Crippen LogP contribution < -0.4 is 24.8 Å². The van der Waals surface area contributed by atoms with E-state index in [1.165, 1.54) is 6.33 Å². The number of rotatable bonds is 8. The molecule has 0 saturated carbocycles. The third kappa shape index (κ3) is 4.83. The number of aryl methyl sites for hydroxylation is 1. The maximum atomic E-state index is 6.56. The van der Waals surface area contributed by atoms with Crippen LogP contribution >= 0.6 is 11.6 Å². The van der Waals surface area contributed by atoms with Crippen molar-refractivity contribution in [2.24, 2.45) is 0 Å². The predicted octanol–water partition coefficient (Wildman–Crippen LogP) is 5.41. The second-order valence-electron chi connectivity index (χ2n) is 8.73. The average Bonchev–Trinajstić information content (AvgIpc) is 3.24. The van der Waals surface area contributed by atoms with Crippen LogP contribution in [0, 0.1) is 6.92 Å². The van der Waals surface area contributed by atoms with Crippen LogP contribution in [-0.2, 0) is 6.61 Å². The van der Waals surface area contributed by atoms with Gasteiger partial charge in [0.2, 0.25) is 0 Å². The molecule has 0 radical (unpaired) electrons. The van der Waals surface area contributed by atoms with Gasteiger partial charge in [-0.3, -0.25) is 0 Å². The highest BCUT2D eigenvalue weighted by Gasteiger charge is 2.21. The standard InChI is InChI=1S/C27H24ClN5O4/c1-15-32-22-7-16(3-5-24(22)36-15)13-35-23-6-4-17(8-20(23)28)33-27-19-9-26(37-18-11-29-12-18)25(34-2)10-21(19)30-14-31-27/h3-10,14,18,29H,11-13H2,1-2H3,(H,30,31,33). The normalized spacial score (nSPS) is 13.5. The van der Waals surface area contributed by atoms with Crippen LogP contribution in [0.4, 0.5) is 11.5 Å². The van der Waals surface area contributed by atoms with Crippen LogP contribution in [0.15, 0.2) is 59.3 Å². The third-order valence-electron chi connectivity index (χ3n) is 6.11. The Hall–Kier alpha value is -4.08. The molecule has 1 aliphatic rings. The minimum absolute atomic E-state index is 0.112. The Morgan fingerprint density at radius 1 is 1.03 bits per heavy atom. The number of ether oxygens (including phenoxy) is 3. The summed E-state index contributed by atoms with van der Waals surface area (Å²) in [7, 11) is 1.62. The van der Waals surface area contributed by atoms with Crippen molar-refractivity contribution in [3.63, 3.8) is 0 Å². The van der Waals surface area contributed by atoms with E-state index in [9.17, 15) is 0 Å². The molecule has 37 heavy (non-hydrogen) atoms. The molecule has 0 spiro atoms. The number of benzene rings is 3. The first-order valence-corrected chi connectivity index (χ1v) is 12.2. The van der Waals surface area contributed by atoms with Gasteiger partial charge in [0.05, 0.1) is 17.6 Å². The molecule has 0 aliphatic carbocycles. The number of oxazole rings is 1. The Balaban J connectivity index is 1.20. The number of fused-ring (bicyclic) bond motifs is 2. The summed E-state index contributed by atoms with van der Waals surface area (Å²) in [4.78, 5) is 13.2. The van der Waals surface area contributed by atoms with Crippen molar-refractivity contribution in [2.75, 3.05) is 25.5 Å². The fourth-order valence-electron chi connectivity index (χ4n) is 4.11. The van der Waals surface area contributed by atoms with E-state index in [1.54, 1.807) is 13.2 Å². The molecule has 1 fully saturated rings. The summed E-state index contributed by atoms with van der Waals surface area (Å²) in [6.45, 7) is 3.79. The molecule has 0 bridgehead atoms. The molecule has 1 aliphatic heterocycles. The Kier molecular flexibility index (Phi) is 6.15. The maximum absolute atomic E-state index is 6.56. The molecule has 3 aromatic carbocycles. The Labute approximate surface area is 217 Å². The molecule has 6 rings (SSSR count). The van der Waals surface area contributed by atoms with Crippen molar-refractivity contribution in [1.82, 2.24) is 20.3 Å². The first-order chi connectivity index (χ1) is 18.1. The number of hydrogen-bond acceptors (Lipinski definition) is 9. The van der Waals surface area contributed by atoms with Crippen LogP contribution in [0.1, 0.15) is 11.5 Å². The summed E-state index contributed by atoms with van der Waals surface area (Å²) in [5.74, 6) is 3.12. The average molecular weight is 518 g/mol. The molecule has 0 unspecified atom stereocenters. The molecular weight excluding hydrogens is 494 g/mol. The van der Waals surface area contributed by atoms with Crippen LogP contribution in [0.2, 0.25) is 5.02 Å². The number of hydrogen-bond donors (Lipinski definition) is 2. The van der Waals surface area contributed by atoms with Gasteiger partial charge in [-0.05, 0) is 42.0 Å². The molecule has 0 amide bonds. The Morgan fingerprint density at radius 2 is 1.92 bits per heavy atom. The number of halogens is 1. The van der Waals surface area contributed by atoms with Crippen LogP contribution in [0.3, 0.4) is 0 Å². The fourth-order valence-corrected chi connectivity index (χ4v) is 4.35. The van der Waals surface area contributed by atoms with Gasteiger partial charge in [0.1, 0.15) is 36.1 Å². The third-order valence-corrected chi connectivity index (χ3v) is 6.40. The number of nitrogens with one attached hydrogen (secondary N) is 2. The summed E-state index contributed by atoms with van der Waals surface area (Å²) in [6.07, 6.45) is 1.62. The lowest BCUT2D eigenvalue weighted by Crippen LogP contribution is -2.50. The van der Waals surface area contributed by atoms with Crippen LogP contribution in [0.5, 0.6) is 17.2 Å². The van der Waals surface area contributed by atoms with Crippen molar-refractivity contribution in [2.45, 2.75) is 19.6 Å². The van der Waals surface area contributed by atoms with Crippen LogP contribution in [0.25, 0.3) is 22.0 Å². The van der Waals surface area contributed by atoms with E-state index in [0.29, 0.717) is 40.6 Å². The van der Waals surface area contributed by atoms with Gasteiger partial charge in [-0.2, -0.15) is 0 Å². The largest absolute Gasteiger partial charge is 0.493 e. The molecule has 9 nitrogen and oxygen atoms in total. The lowest BCUT2D eigenvalue weighted by atomic mass is 10.2. The van der Waals surface area contributed by atoms with Crippen molar-refractivity contribution >= 4 is 45.1 Å². The molecule has 0 atom stereocenters. The van der Waals surface area contributed by atoms with Gasteiger partial charge in [0, 0.05) is 37.2 Å². The number of aromatic nitrogens is 3. The molecule has 1 saturated heterocycles. The Bertz CT molecular complexity index is 1600. The number of nitrogens with zero attached hydrogens (tertiary/aromatic N) is 3. The smallest absolute Gasteiger partial charge is 0.192 e. The van der Waals surface area contributed by atoms with E-state index in [-0.39, 0.29) is 6.10 Å². The van der Waals surface area contributed by atoms with E-state index in [4.69, 9.17) is 30.2 Å². The van der Waals surface area contributed by atoms with E-state index in [2.05, 4.69) is 25.6 Å². The molecule has 3 heterocycles. The second kappa shape index (κ2) is 9.76. The number of methoxy groups -OCH3 is 1. The van der Waals surface area contributed by atoms with Gasteiger partial charge >= 0.3 is 0 Å². The monoisotopic (exact) mass is 517 g/mol. The highest BCUT2D eigenvalue weighted by molar-refractivity contribution is 6.32. The first kappa shape index (κ1) is 23.3. The van der Waals surface area contributed by atoms with Crippen molar-refractivity contribution in [3.8, 4) is 17.2 Å². The van der Waals surface area contributed by atoms with Gasteiger partial charge in [-0.25, -0.2) is 15.0 Å². The molecule has 2 N–H and O–H groups in total. The first-order valence-electron chi connectivity index (χ1n) is 11.8. The van der Waals surface area contributed by atoms with Gasteiger partial charge < -0.3 is 29.3 Å². The minimum Gasteiger partial charge on any atom is -0.493 e. The minimum atomic E-state index is 0.112. The highest BCUT2D eigenvalue weighted by atomic mass is 35.5. The fraction of sp³-hybridized carbons (Fsp3) is 0.222. The van der Waals surface area contributed by atoms with E-state index in [0.717, 1.165) is 46.3 Å². The highest BCUT2D eigenvalue weighted by Crippen LogP contribution is 2.36.